The van der Waals surface area contributed by atoms with Crippen molar-refractivity contribution in [3.05, 3.63) is 63.6 Å². The van der Waals surface area contributed by atoms with Crippen molar-refractivity contribution in [2.24, 2.45) is 0 Å². The maximum Gasteiger partial charge on any atom is 0.127 e. The molecule has 0 saturated heterocycles. The molecule has 3 heteroatoms. The molecule has 1 saturated carbocycles. The Balaban J connectivity index is 1.74. The van der Waals surface area contributed by atoms with Gasteiger partial charge >= 0.3 is 0 Å². The molecule has 0 radical (unpaired) electrons. The van der Waals surface area contributed by atoms with Gasteiger partial charge in [0.25, 0.3) is 0 Å². The van der Waals surface area contributed by atoms with Crippen LogP contribution in [-0.4, -0.2) is 6.04 Å². The maximum atomic E-state index is 6.10. The number of rotatable bonds is 6. The Labute approximate surface area is 134 Å². The summed E-state index contributed by atoms with van der Waals surface area (Å²) in [7, 11) is 0. The second-order valence-corrected chi connectivity index (χ2v) is 6.56. The monoisotopic (exact) mass is 345 g/mol. The van der Waals surface area contributed by atoms with Crippen molar-refractivity contribution in [3.8, 4) is 5.75 Å². The van der Waals surface area contributed by atoms with E-state index in [4.69, 9.17) is 4.74 Å². The van der Waals surface area contributed by atoms with Crippen LogP contribution in [0.25, 0.3) is 0 Å². The summed E-state index contributed by atoms with van der Waals surface area (Å²) in [5, 5.41) is 3.57. The van der Waals surface area contributed by atoms with E-state index in [9.17, 15) is 0 Å². The minimum atomic E-state index is 0.611. The van der Waals surface area contributed by atoms with Crippen LogP contribution in [0.4, 0.5) is 0 Å². The van der Waals surface area contributed by atoms with Crippen LogP contribution < -0.4 is 10.1 Å². The van der Waals surface area contributed by atoms with Crippen LogP contribution in [0.1, 0.15) is 29.5 Å². The average molecular weight is 346 g/mol. The summed E-state index contributed by atoms with van der Waals surface area (Å²) in [4.78, 5) is 0. The molecule has 1 aliphatic rings. The van der Waals surface area contributed by atoms with Crippen LogP contribution in [0.15, 0.2) is 46.9 Å². The molecule has 1 N–H and O–H groups in total. The van der Waals surface area contributed by atoms with Crippen LogP contribution in [0.5, 0.6) is 5.75 Å². The zero-order valence-corrected chi connectivity index (χ0v) is 13.8. The van der Waals surface area contributed by atoms with Gasteiger partial charge in [-0.1, -0.05) is 46.3 Å². The number of halogens is 1. The summed E-state index contributed by atoms with van der Waals surface area (Å²) in [5.74, 6) is 1.01. The van der Waals surface area contributed by atoms with Gasteiger partial charge in [-0.2, -0.15) is 0 Å². The lowest BCUT2D eigenvalue weighted by Gasteiger charge is -2.15. The predicted octanol–water partition coefficient (Wildman–Crippen LogP) is 4.59. The first-order valence-corrected chi connectivity index (χ1v) is 8.21. The maximum absolute atomic E-state index is 6.10. The molecule has 2 nitrogen and oxygen atoms in total. The molecule has 110 valence electrons. The second kappa shape index (κ2) is 6.63. The van der Waals surface area contributed by atoms with Crippen molar-refractivity contribution in [2.45, 2.75) is 39.0 Å². The molecule has 2 aromatic carbocycles. The Morgan fingerprint density at radius 1 is 1.19 bits per heavy atom. The number of hydrogen-bond acceptors (Lipinski definition) is 2. The molecular weight excluding hydrogens is 326 g/mol. The molecule has 0 atom stereocenters. The third-order valence-electron chi connectivity index (χ3n) is 3.70. The summed E-state index contributed by atoms with van der Waals surface area (Å²) < 4.78 is 7.21. The largest absolute Gasteiger partial charge is 0.488 e. The van der Waals surface area contributed by atoms with Crippen LogP contribution in [0.3, 0.4) is 0 Å². The highest BCUT2D eigenvalue weighted by Gasteiger charge is 2.21. The van der Waals surface area contributed by atoms with Gasteiger partial charge in [-0.05, 0) is 43.0 Å². The Morgan fingerprint density at radius 2 is 1.95 bits per heavy atom. The van der Waals surface area contributed by atoms with Crippen LogP contribution >= 0.6 is 15.9 Å². The summed E-state index contributed by atoms with van der Waals surface area (Å²) in [6, 6.07) is 15.3. The van der Waals surface area contributed by atoms with E-state index in [0.717, 1.165) is 16.8 Å². The van der Waals surface area contributed by atoms with E-state index in [1.807, 2.05) is 18.2 Å². The van der Waals surface area contributed by atoms with Gasteiger partial charge in [-0.3, -0.25) is 0 Å². The molecule has 1 fully saturated rings. The van der Waals surface area contributed by atoms with E-state index in [1.54, 1.807) is 0 Å². The minimum absolute atomic E-state index is 0.611. The van der Waals surface area contributed by atoms with E-state index >= 15 is 0 Å². The molecule has 0 unspecified atom stereocenters. The zero-order valence-electron chi connectivity index (χ0n) is 12.2. The molecule has 2 aromatic rings. The van der Waals surface area contributed by atoms with E-state index in [2.05, 4.69) is 52.4 Å². The van der Waals surface area contributed by atoms with Crippen molar-refractivity contribution in [1.29, 1.82) is 0 Å². The van der Waals surface area contributed by atoms with E-state index in [1.165, 1.54) is 29.5 Å². The van der Waals surface area contributed by atoms with E-state index in [0.29, 0.717) is 12.6 Å². The topological polar surface area (TPSA) is 21.3 Å². The first kappa shape index (κ1) is 14.6. The molecule has 0 spiro atoms. The van der Waals surface area contributed by atoms with Crippen molar-refractivity contribution >= 4 is 15.9 Å². The number of hydrogen-bond donors (Lipinski definition) is 1. The first-order chi connectivity index (χ1) is 10.2. The van der Waals surface area contributed by atoms with Gasteiger partial charge < -0.3 is 10.1 Å². The van der Waals surface area contributed by atoms with Crippen molar-refractivity contribution in [3.63, 3.8) is 0 Å². The van der Waals surface area contributed by atoms with E-state index < -0.39 is 0 Å². The Kier molecular flexibility index (Phi) is 4.61. The summed E-state index contributed by atoms with van der Waals surface area (Å²) >= 11 is 3.58. The lowest BCUT2D eigenvalue weighted by molar-refractivity contribution is 0.300. The van der Waals surface area contributed by atoms with Crippen molar-refractivity contribution in [1.82, 2.24) is 5.32 Å². The summed E-state index contributed by atoms with van der Waals surface area (Å²) in [6.07, 6.45) is 2.60. The van der Waals surface area contributed by atoms with Gasteiger partial charge in [0.2, 0.25) is 0 Å². The fourth-order valence-corrected chi connectivity index (χ4v) is 3.03. The van der Waals surface area contributed by atoms with Crippen LogP contribution in [0.2, 0.25) is 0 Å². The number of benzene rings is 2. The molecule has 0 aromatic heterocycles. The quantitative estimate of drug-likeness (QED) is 0.826. The van der Waals surface area contributed by atoms with E-state index in [-0.39, 0.29) is 0 Å². The van der Waals surface area contributed by atoms with Gasteiger partial charge in [-0.15, -0.1) is 0 Å². The van der Waals surface area contributed by atoms with Crippen molar-refractivity contribution < 1.29 is 4.74 Å². The number of nitrogens with one attached hydrogen (secondary N) is 1. The minimum Gasteiger partial charge on any atom is -0.488 e. The fraction of sp³-hybridized carbons (Fsp3) is 0.333. The van der Waals surface area contributed by atoms with Gasteiger partial charge in [0.15, 0.2) is 0 Å². The van der Waals surface area contributed by atoms with Crippen LogP contribution in [0, 0.1) is 6.92 Å². The lowest BCUT2D eigenvalue weighted by atomic mass is 10.1. The second-order valence-electron chi connectivity index (χ2n) is 5.64. The summed E-state index contributed by atoms with van der Waals surface area (Å²) in [6.45, 7) is 3.58. The zero-order chi connectivity index (χ0) is 14.7. The molecule has 0 bridgehead atoms. The van der Waals surface area contributed by atoms with Gasteiger partial charge in [0.1, 0.15) is 12.4 Å². The fourth-order valence-electron chi connectivity index (χ4n) is 2.41. The van der Waals surface area contributed by atoms with Gasteiger partial charge in [0, 0.05) is 22.6 Å². The van der Waals surface area contributed by atoms with Crippen LogP contribution in [-0.2, 0) is 13.2 Å². The Hall–Kier alpha value is -1.32. The Morgan fingerprint density at radius 3 is 2.67 bits per heavy atom. The standard InChI is InChI=1S/C18H20BrNO/c1-13-9-16(19)10-15(11-20-17-7-8-17)18(13)21-12-14-5-3-2-4-6-14/h2-6,9-10,17,20H,7-8,11-12H2,1H3. The average Bonchev–Trinajstić information content (AvgIpc) is 3.29. The molecular formula is C18H20BrNO. The third-order valence-corrected chi connectivity index (χ3v) is 4.16. The summed E-state index contributed by atoms with van der Waals surface area (Å²) in [5.41, 5.74) is 3.60. The van der Waals surface area contributed by atoms with Gasteiger partial charge in [-0.25, -0.2) is 0 Å². The normalized spacial score (nSPS) is 14.2. The first-order valence-electron chi connectivity index (χ1n) is 7.41. The molecule has 0 aliphatic heterocycles. The van der Waals surface area contributed by atoms with Crippen molar-refractivity contribution in [2.75, 3.05) is 0 Å². The molecule has 3 rings (SSSR count). The van der Waals surface area contributed by atoms with Gasteiger partial charge in [0.05, 0.1) is 0 Å². The lowest BCUT2D eigenvalue weighted by Crippen LogP contribution is -2.16. The number of aryl methyl sites for hydroxylation is 1. The highest BCUT2D eigenvalue weighted by molar-refractivity contribution is 9.10. The third kappa shape index (κ3) is 4.08. The highest BCUT2D eigenvalue weighted by atomic mass is 79.9. The molecule has 1 aliphatic carbocycles. The predicted molar refractivity (Wildman–Crippen MR) is 89.5 cm³/mol. The smallest absolute Gasteiger partial charge is 0.127 e. The number of ether oxygens (including phenoxy) is 1. The molecule has 21 heavy (non-hydrogen) atoms. The Bertz CT molecular complexity index is 608. The molecule has 0 amide bonds. The SMILES string of the molecule is Cc1cc(Br)cc(CNC2CC2)c1OCc1ccccc1. The molecule has 0 heterocycles. The highest BCUT2D eigenvalue weighted by Crippen LogP contribution is 2.30.